The minimum absolute atomic E-state index is 0.0290. The molecule has 0 bridgehead atoms. The van der Waals surface area contributed by atoms with Gasteiger partial charge in [0.2, 0.25) is 0 Å². The van der Waals surface area contributed by atoms with Crippen LogP contribution in [0.3, 0.4) is 0 Å². The minimum atomic E-state index is -0.391. The van der Waals surface area contributed by atoms with E-state index < -0.39 is 5.97 Å². The highest BCUT2D eigenvalue weighted by molar-refractivity contribution is 5.92. The predicted molar refractivity (Wildman–Crippen MR) is 106 cm³/mol. The number of carbonyl (C=O) groups is 3. The fourth-order valence-electron chi connectivity index (χ4n) is 7.17. The van der Waals surface area contributed by atoms with Crippen LogP contribution in [0.5, 0.6) is 0 Å². The van der Waals surface area contributed by atoms with Gasteiger partial charge >= 0.3 is 5.97 Å². The van der Waals surface area contributed by atoms with E-state index >= 15 is 0 Å². The first kappa shape index (κ1) is 19.6. The van der Waals surface area contributed by atoms with Crippen molar-refractivity contribution in [1.82, 2.24) is 0 Å². The Hall–Kier alpha value is -1.71. The highest BCUT2D eigenvalue weighted by Gasteiger charge is 2.59. The molecule has 4 aliphatic rings. The summed E-state index contributed by atoms with van der Waals surface area (Å²) in [5, 5.41) is 0. The Morgan fingerprint density at radius 3 is 2.71 bits per heavy atom. The van der Waals surface area contributed by atoms with Crippen molar-refractivity contribution in [2.75, 3.05) is 6.61 Å². The maximum atomic E-state index is 13.0. The Morgan fingerprint density at radius 1 is 1.25 bits per heavy atom. The van der Waals surface area contributed by atoms with E-state index in [1.54, 1.807) is 0 Å². The summed E-state index contributed by atoms with van der Waals surface area (Å²) in [5.74, 6) is 1.22. The van der Waals surface area contributed by atoms with E-state index in [0.29, 0.717) is 24.2 Å². The Balaban J connectivity index is 1.65. The van der Waals surface area contributed by atoms with Gasteiger partial charge in [-0.2, -0.15) is 0 Å². The van der Waals surface area contributed by atoms with E-state index in [2.05, 4.69) is 26.8 Å². The van der Waals surface area contributed by atoms with Gasteiger partial charge in [0, 0.05) is 24.7 Å². The van der Waals surface area contributed by atoms with E-state index in [-0.39, 0.29) is 34.9 Å². The molecule has 0 aliphatic heterocycles. The van der Waals surface area contributed by atoms with E-state index in [4.69, 9.17) is 4.74 Å². The highest BCUT2D eigenvalue weighted by Crippen LogP contribution is 2.65. The standard InChI is InChI=1S/C24H32O4/c1-14-11-20-18-6-5-16-12-17(26)7-9-23(16,3)19(18)8-10-24(20,4)22(14)21(27)13-28-15(2)25/h8,12,14,18,20,22H,5-7,9-11,13H2,1-4H3/t14-,18?,20?,22-,23?,24?/m1/s1. The third-order valence-corrected chi connectivity index (χ3v) is 8.44. The molecule has 0 amide bonds. The zero-order chi connectivity index (χ0) is 20.3. The maximum Gasteiger partial charge on any atom is 0.303 e. The third kappa shape index (κ3) is 2.83. The fraction of sp³-hybridized carbons (Fsp3) is 0.708. The van der Waals surface area contributed by atoms with Crippen molar-refractivity contribution in [2.45, 2.75) is 66.2 Å². The second-order valence-electron chi connectivity index (χ2n) is 10.0. The summed E-state index contributed by atoms with van der Waals surface area (Å²) >= 11 is 0. The molecule has 0 radical (unpaired) electrons. The van der Waals surface area contributed by atoms with Crippen molar-refractivity contribution in [3.63, 3.8) is 0 Å². The number of ether oxygens (including phenoxy) is 1. The molecule has 0 aromatic heterocycles. The maximum absolute atomic E-state index is 13.0. The quantitative estimate of drug-likeness (QED) is 0.533. The van der Waals surface area contributed by atoms with E-state index in [1.165, 1.54) is 18.1 Å². The van der Waals surface area contributed by atoms with Gasteiger partial charge in [0.1, 0.15) is 6.61 Å². The summed E-state index contributed by atoms with van der Waals surface area (Å²) in [6, 6.07) is 0. The van der Waals surface area contributed by atoms with Crippen molar-refractivity contribution in [3.8, 4) is 0 Å². The fourth-order valence-corrected chi connectivity index (χ4v) is 7.17. The number of hydrogen-bond acceptors (Lipinski definition) is 4. The molecule has 2 fully saturated rings. The zero-order valence-electron chi connectivity index (χ0n) is 17.5. The van der Waals surface area contributed by atoms with Crippen LogP contribution in [0, 0.1) is 34.5 Å². The van der Waals surface area contributed by atoms with Gasteiger partial charge in [-0.15, -0.1) is 0 Å². The van der Waals surface area contributed by atoms with Gasteiger partial charge in [-0.1, -0.05) is 38.0 Å². The van der Waals surface area contributed by atoms with Crippen LogP contribution in [0.1, 0.15) is 66.2 Å². The number of Topliss-reactive ketones (excluding diaryl/α,β-unsaturated/α-hetero) is 1. The lowest BCUT2D eigenvalue weighted by Gasteiger charge is -2.53. The zero-order valence-corrected chi connectivity index (χ0v) is 17.5. The molecule has 0 aromatic carbocycles. The lowest BCUT2D eigenvalue weighted by Crippen LogP contribution is -2.46. The number of hydrogen-bond donors (Lipinski definition) is 0. The first-order valence-electron chi connectivity index (χ1n) is 10.8. The number of ketones is 2. The largest absolute Gasteiger partial charge is 0.458 e. The third-order valence-electron chi connectivity index (χ3n) is 8.44. The van der Waals surface area contributed by atoms with E-state index in [0.717, 1.165) is 32.1 Å². The second kappa shape index (κ2) is 6.67. The number of rotatable bonds is 3. The molecule has 6 atom stereocenters. The van der Waals surface area contributed by atoms with Gasteiger partial charge in [-0.3, -0.25) is 14.4 Å². The molecule has 4 rings (SSSR count). The van der Waals surface area contributed by atoms with Crippen molar-refractivity contribution in [2.24, 2.45) is 34.5 Å². The van der Waals surface area contributed by atoms with Gasteiger partial charge in [-0.25, -0.2) is 0 Å². The molecule has 0 N–H and O–H groups in total. The number of allylic oxidation sites excluding steroid dienone is 4. The van der Waals surface area contributed by atoms with Crippen LogP contribution in [0.4, 0.5) is 0 Å². The summed E-state index contributed by atoms with van der Waals surface area (Å²) in [6.45, 7) is 8.06. The van der Waals surface area contributed by atoms with E-state index in [1.807, 2.05) is 6.08 Å². The molecule has 0 heterocycles. The molecule has 4 nitrogen and oxygen atoms in total. The Morgan fingerprint density at radius 2 is 2.00 bits per heavy atom. The highest BCUT2D eigenvalue weighted by atomic mass is 16.5. The van der Waals surface area contributed by atoms with Gasteiger partial charge in [-0.05, 0) is 61.3 Å². The Bertz CT molecular complexity index is 790. The predicted octanol–water partition coefficient (Wildman–Crippen LogP) is 4.43. The summed E-state index contributed by atoms with van der Waals surface area (Å²) in [5.41, 5.74) is 2.82. The second-order valence-corrected chi connectivity index (χ2v) is 10.0. The number of esters is 1. The van der Waals surface area contributed by atoms with Gasteiger partial charge in [0.25, 0.3) is 0 Å². The molecule has 0 saturated heterocycles. The molecule has 152 valence electrons. The smallest absolute Gasteiger partial charge is 0.303 e. The van der Waals surface area contributed by atoms with Gasteiger partial charge < -0.3 is 4.74 Å². The molecule has 4 unspecified atom stereocenters. The average Bonchev–Trinajstić information content (AvgIpc) is 2.90. The van der Waals surface area contributed by atoms with Crippen molar-refractivity contribution in [1.29, 1.82) is 0 Å². The summed E-state index contributed by atoms with van der Waals surface area (Å²) in [4.78, 5) is 36.1. The summed E-state index contributed by atoms with van der Waals surface area (Å²) < 4.78 is 5.05. The van der Waals surface area contributed by atoms with Crippen LogP contribution in [0.15, 0.2) is 23.3 Å². The lowest BCUT2D eigenvalue weighted by molar-refractivity contribution is -0.148. The molecule has 4 aliphatic carbocycles. The van der Waals surface area contributed by atoms with Gasteiger partial charge in [0.05, 0.1) is 0 Å². The van der Waals surface area contributed by atoms with Crippen molar-refractivity contribution < 1.29 is 19.1 Å². The van der Waals surface area contributed by atoms with Crippen molar-refractivity contribution >= 4 is 17.5 Å². The Kier molecular flexibility index (Phi) is 4.67. The van der Waals surface area contributed by atoms with Gasteiger partial charge in [0.15, 0.2) is 11.6 Å². The summed E-state index contributed by atoms with van der Waals surface area (Å²) in [6.07, 6.45) is 9.94. The average molecular weight is 385 g/mol. The van der Waals surface area contributed by atoms with Crippen LogP contribution in [0.25, 0.3) is 0 Å². The molecular formula is C24H32O4. The summed E-state index contributed by atoms with van der Waals surface area (Å²) in [7, 11) is 0. The number of fused-ring (bicyclic) bond motifs is 5. The van der Waals surface area contributed by atoms with Crippen molar-refractivity contribution in [3.05, 3.63) is 23.3 Å². The first-order chi connectivity index (χ1) is 13.2. The van der Waals surface area contributed by atoms with Crippen LogP contribution in [-0.2, 0) is 19.1 Å². The molecule has 28 heavy (non-hydrogen) atoms. The topological polar surface area (TPSA) is 60.4 Å². The van der Waals surface area contributed by atoms with E-state index in [9.17, 15) is 14.4 Å². The minimum Gasteiger partial charge on any atom is -0.458 e. The van der Waals surface area contributed by atoms with Crippen LogP contribution >= 0.6 is 0 Å². The van der Waals surface area contributed by atoms with Crippen LogP contribution in [-0.4, -0.2) is 24.1 Å². The monoisotopic (exact) mass is 384 g/mol. The lowest BCUT2D eigenvalue weighted by atomic mass is 9.51. The molecule has 4 heteroatoms. The molecule has 0 aromatic rings. The number of carbonyl (C=O) groups excluding carboxylic acids is 3. The van der Waals surface area contributed by atoms with Crippen LogP contribution in [0.2, 0.25) is 0 Å². The molecule has 2 saturated carbocycles. The molecular weight excluding hydrogens is 352 g/mol. The first-order valence-corrected chi connectivity index (χ1v) is 10.8. The van der Waals surface area contributed by atoms with Crippen LogP contribution < -0.4 is 0 Å². The Labute approximate surface area is 167 Å². The molecule has 0 spiro atoms. The SMILES string of the molecule is CC(=O)OCC(=O)[C@H]1[C@H](C)CC2C3CCC4=CC(=O)CCC4(C)C3=CCC21C. The normalized spacial score (nSPS) is 41.9.